The minimum Gasteiger partial charge on any atom is -0.317 e. The van der Waals surface area contributed by atoms with Crippen molar-refractivity contribution in [3.8, 4) is 0 Å². The highest BCUT2D eigenvalue weighted by Crippen LogP contribution is 2.15. The third-order valence-electron chi connectivity index (χ3n) is 3.81. The molecule has 0 aromatic rings. The van der Waals surface area contributed by atoms with Crippen LogP contribution >= 0.6 is 0 Å². The second-order valence-electron chi connectivity index (χ2n) is 5.52. The van der Waals surface area contributed by atoms with Crippen molar-refractivity contribution in [2.45, 2.75) is 39.7 Å². The van der Waals surface area contributed by atoms with Crippen molar-refractivity contribution in [2.75, 3.05) is 37.7 Å². The van der Waals surface area contributed by atoms with E-state index in [1.54, 1.807) is 6.92 Å². The maximum absolute atomic E-state index is 11.6. The molecular formula is C13H28N2O2S. The lowest BCUT2D eigenvalue weighted by Gasteiger charge is -2.32. The molecule has 1 aliphatic rings. The van der Waals surface area contributed by atoms with Gasteiger partial charge < -0.3 is 5.32 Å². The minimum atomic E-state index is -2.84. The van der Waals surface area contributed by atoms with Gasteiger partial charge in [0.25, 0.3) is 0 Å². The molecule has 5 heteroatoms. The molecule has 108 valence electrons. The standard InChI is InChI=1S/C13H28N2O2S/c1-4-18(16,17)10-9-15(12(2)3)11-13-5-7-14-8-6-13/h12-14H,4-11H2,1-3H3. The van der Waals surface area contributed by atoms with Gasteiger partial charge in [0.2, 0.25) is 0 Å². The average molecular weight is 276 g/mol. The monoisotopic (exact) mass is 276 g/mol. The van der Waals surface area contributed by atoms with Gasteiger partial charge in [-0.2, -0.15) is 0 Å². The Morgan fingerprint density at radius 3 is 2.39 bits per heavy atom. The summed E-state index contributed by atoms with van der Waals surface area (Å²) in [6.45, 7) is 9.95. The molecular weight excluding hydrogens is 248 g/mol. The van der Waals surface area contributed by atoms with Gasteiger partial charge in [0.15, 0.2) is 9.84 Å². The fourth-order valence-corrected chi connectivity index (χ4v) is 3.16. The zero-order valence-electron chi connectivity index (χ0n) is 12.0. The fraction of sp³-hybridized carbons (Fsp3) is 1.00. The van der Waals surface area contributed by atoms with Crippen LogP contribution in [0, 0.1) is 5.92 Å². The van der Waals surface area contributed by atoms with E-state index in [1.807, 2.05) is 0 Å². The third kappa shape index (κ3) is 5.67. The van der Waals surface area contributed by atoms with Crippen LogP contribution in [-0.4, -0.2) is 57.0 Å². The lowest BCUT2D eigenvalue weighted by molar-refractivity contribution is 0.178. The Balaban J connectivity index is 2.44. The van der Waals surface area contributed by atoms with Crippen LogP contribution < -0.4 is 5.32 Å². The van der Waals surface area contributed by atoms with E-state index in [0.717, 1.165) is 25.6 Å². The average Bonchev–Trinajstić information content (AvgIpc) is 2.35. The Hall–Kier alpha value is -0.130. The topological polar surface area (TPSA) is 49.4 Å². The van der Waals surface area contributed by atoms with Crippen molar-refractivity contribution in [3.05, 3.63) is 0 Å². The molecule has 0 aromatic carbocycles. The molecule has 1 fully saturated rings. The summed E-state index contributed by atoms with van der Waals surface area (Å²) in [4.78, 5) is 2.32. The van der Waals surface area contributed by atoms with Crippen LogP contribution in [0.25, 0.3) is 0 Å². The van der Waals surface area contributed by atoms with E-state index in [0.29, 0.717) is 18.3 Å². The highest BCUT2D eigenvalue weighted by Gasteiger charge is 2.20. The Morgan fingerprint density at radius 2 is 1.89 bits per heavy atom. The smallest absolute Gasteiger partial charge is 0.151 e. The molecule has 1 aliphatic heterocycles. The predicted molar refractivity (Wildman–Crippen MR) is 76.6 cm³/mol. The van der Waals surface area contributed by atoms with Crippen LogP contribution in [0.15, 0.2) is 0 Å². The Kier molecular flexibility index (Phi) is 6.60. The molecule has 0 atom stereocenters. The van der Waals surface area contributed by atoms with Crippen molar-refractivity contribution in [1.82, 2.24) is 10.2 Å². The maximum Gasteiger partial charge on any atom is 0.151 e. The van der Waals surface area contributed by atoms with E-state index in [-0.39, 0.29) is 5.75 Å². The molecule has 0 aliphatic carbocycles. The van der Waals surface area contributed by atoms with Gasteiger partial charge in [-0.25, -0.2) is 8.42 Å². The quantitative estimate of drug-likeness (QED) is 0.757. The number of nitrogens with one attached hydrogen (secondary N) is 1. The van der Waals surface area contributed by atoms with Crippen molar-refractivity contribution < 1.29 is 8.42 Å². The molecule has 1 N–H and O–H groups in total. The molecule has 0 saturated carbocycles. The molecule has 18 heavy (non-hydrogen) atoms. The van der Waals surface area contributed by atoms with Crippen LogP contribution in [0.3, 0.4) is 0 Å². The molecule has 0 radical (unpaired) electrons. The third-order valence-corrected chi connectivity index (χ3v) is 5.50. The fourth-order valence-electron chi connectivity index (χ4n) is 2.36. The summed E-state index contributed by atoms with van der Waals surface area (Å²) in [7, 11) is -2.84. The van der Waals surface area contributed by atoms with Gasteiger partial charge in [-0.05, 0) is 45.7 Å². The summed E-state index contributed by atoms with van der Waals surface area (Å²) >= 11 is 0. The van der Waals surface area contributed by atoms with Crippen LogP contribution in [0.5, 0.6) is 0 Å². The normalized spacial score (nSPS) is 18.7. The number of nitrogens with zero attached hydrogens (tertiary/aromatic N) is 1. The number of rotatable bonds is 7. The van der Waals surface area contributed by atoms with E-state index in [1.165, 1.54) is 12.8 Å². The van der Waals surface area contributed by atoms with Gasteiger partial charge in [0.05, 0.1) is 5.75 Å². The lowest BCUT2D eigenvalue weighted by Crippen LogP contribution is -2.41. The second kappa shape index (κ2) is 7.46. The first-order valence-corrected chi connectivity index (χ1v) is 8.92. The van der Waals surface area contributed by atoms with E-state index >= 15 is 0 Å². The Morgan fingerprint density at radius 1 is 1.28 bits per heavy atom. The second-order valence-corrected chi connectivity index (χ2v) is 7.99. The highest BCUT2D eigenvalue weighted by molar-refractivity contribution is 7.91. The molecule has 4 nitrogen and oxygen atoms in total. The maximum atomic E-state index is 11.6. The highest BCUT2D eigenvalue weighted by atomic mass is 32.2. The van der Waals surface area contributed by atoms with Crippen LogP contribution in [0.4, 0.5) is 0 Å². The number of sulfone groups is 1. The molecule has 1 saturated heterocycles. The summed E-state index contributed by atoms with van der Waals surface area (Å²) in [5.41, 5.74) is 0. The summed E-state index contributed by atoms with van der Waals surface area (Å²) in [5, 5.41) is 3.37. The number of hydrogen-bond acceptors (Lipinski definition) is 4. The SMILES string of the molecule is CCS(=O)(=O)CCN(CC1CCNCC1)C(C)C. The molecule has 0 spiro atoms. The summed E-state index contributed by atoms with van der Waals surface area (Å²) < 4.78 is 23.2. The first-order valence-electron chi connectivity index (χ1n) is 7.09. The lowest BCUT2D eigenvalue weighted by atomic mass is 9.97. The van der Waals surface area contributed by atoms with Gasteiger partial charge in [0, 0.05) is 24.9 Å². The zero-order valence-corrected chi connectivity index (χ0v) is 12.8. The van der Waals surface area contributed by atoms with Gasteiger partial charge in [-0.1, -0.05) is 6.92 Å². The van der Waals surface area contributed by atoms with E-state index in [9.17, 15) is 8.42 Å². The first-order chi connectivity index (χ1) is 8.44. The summed E-state index contributed by atoms with van der Waals surface area (Å²) in [6.07, 6.45) is 2.42. The predicted octanol–water partition coefficient (Wildman–Crippen LogP) is 1.13. The Bertz CT molecular complexity index is 322. The van der Waals surface area contributed by atoms with Crippen molar-refractivity contribution in [1.29, 1.82) is 0 Å². The number of piperidine rings is 1. The van der Waals surface area contributed by atoms with Gasteiger partial charge >= 0.3 is 0 Å². The van der Waals surface area contributed by atoms with Gasteiger partial charge in [-0.15, -0.1) is 0 Å². The molecule has 0 unspecified atom stereocenters. The minimum absolute atomic E-state index is 0.256. The Labute approximate surface area is 112 Å². The molecule has 1 heterocycles. The number of hydrogen-bond donors (Lipinski definition) is 1. The summed E-state index contributed by atoms with van der Waals surface area (Å²) in [6, 6.07) is 0.423. The van der Waals surface area contributed by atoms with Crippen molar-refractivity contribution in [2.24, 2.45) is 5.92 Å². The first kappa shape index (κ1) is 15.9. The van der Waals surface area contributed by atoms with Crippen LogP contribution in [-0.2, 0) is 9.84 Å². The van der Waals surface area contributed by atoms with Crippen molar-refractivity contribution in [3.63, 3.8) is 0 Å². The van der Waals surface area contributed by atoms with Gasteiger partial charge in [-0.3, -0.25) is 4.90 Å². The van der Waals surface area contributed by atoms with Crippen molar-refractivity contribution >= 4 is 9.84 Å². The van der Waals surface area contributed by atoms with Gasteiger partial charge in [0.1, 0.15) is 0 Å². The molecule has 0 bridgehead atoms. The molecule has 0 amide bonds. The van der Waals surface area contributed by atoms with Crippen LogP contribution in [0.2, 0.25) is 0 Å². The molecule has 0 aromatic heterocycles. The van der Waals surface area contributed by atoms with E-state index in [2.05, 4.69) is 24.1 Å². The zero-order chi connectivity index (χ0) is 13.6. The largest absolute Gasteiger partial charge is 0.317 e. The summed E-state index contributed by atoms with van der Waals surface area (Å²) in [5.74, 6) is 1.27. The van der Waals surface area contributed by atoms with E-state index in [4.69, 9.17) is 0 Å². The van der Waals surface area contributed by atoms with E-state index < -0.39 is 9.84 Å². The molecule has 1 rings (SSSR count). The van der Waals surface area contributed by atoms with Crippen LogP contribution in [0.1, 0.15) is 33.6 Å².